The molecule has 2 aromatic rings. The van der Waals surface area contributed by atoms with Crippen LogP contribution in [0.1, 0.15) is 65.0 Å². The van der Waals surface area contributed by atoms with E-state index in [1.54, 1.807) is 2.89 Å². The fourth-order valence-electron chi connectivity index (χ4n) is 3.64. The molecule has 0 aliphatic carbocycles. The molecule has 2 rings (SSSR count). The average Bonchev–Trinajstić information content (AvgIpc) is 3.21. The van der Waals surface area contributed by atoms with Crippen molar-refractivity contribution >= 4 is 43.8 Å². The normalized spacial score (nSPS) is 12.0. The molecule has 0 radical (unpaired) electrons. The van der Waals surface area contributed by atoms with Crippen LogP contribution in [0.5, 0.6) is 0 Å². The first-order chi connectivity index (χ1) is 12.2. The summed E-state index contributed by atoms with van der Waals surface area (Å²) in [5.74, 6) is 0. The molecule has 1 N–H and O–H groups in total. The van der Waals surface area contributed by atoms with Gasteiger partial charge in [-0.1, -0.05) is 0 Å². The van der Waals surface area contributed by atoms with E-state index < -0.39 is 18.4 Å². The molecule has 4 nitrogen and oxygen atoms in total. The number of carbonyl (C=O) groups excluding carboxylic acids is 1. The Labute approximate surface area is 160 Å². The Balaban J connectivity index is 2.37. The van der Waals surface area contributed by atoms with E-state index in [4.69, 9.17) is 0 Å². The average molecular weight is 470 g/mol. The fraction of sp³-hybridized carbons (Fsp3) is 0.684. The van der Waals surface area contributed by atoms with E-state index in [1.807, 2.05) is 17.7 Å². The van der Waals surface area contributed by atoms with Crippen LogP contribution in [-0.2, 0) is 11.3 Å². The molecule has 25 heavy (non-hydrogen) atoms. The van der Waals surface area contributed by atoms with Gasteiger partial charge >= 0.3 is 161 Å². The van der Waals surface area contributed by atoms with Crippen molar-refractivity contribution < 1.29 is 4.79 Å². The van der Waals surface area contributed by atoms with Crippen LogP contribution in [0.15, 0.2) is 12.5 Å². The number of thiazole rings is 1. The number of rotatable bonds is 13. The molecule has 0 unspecified atom stereocenters. The zero-order valence-corrected chi connectivity index (χ0v) is 19.7. The van der Waals surface area contributed by atoms with Gasteiger partial charge in [-0.3, -0.25) is 0 Å². The van der Waals surface area contributed by atoms with Gasteiger partial charge in [-0.2, -0.15) is 0 Å². The molecule has 0 aromatic carbocycles. The summed E-state index contributed by atoms with van der Waals surface area (Å²) in [5.41, 5.74) is 1.00. The molecule has 0 bridgehead atoms. The third-order valence-electron chi connectivity index (χ3n) is 5.18. The Bertz CT molecular complexity index is 630. The van der Waals surface area contributed by atoms with Crippen LogP contribution in [-0.4, -0.2) is 34.2 Å². The Hall–Kier alpha value is -0.561. The first-order valence-electron chi connectivity index (χ1n) is 9.83. The number of imidazole rings is 1. The van der Waals surface area contributed by atoms with E-state index in [1.165, 1.54) is 56.7 Å². The predicted octanol–water partition coefficient (Wildman–Crippen LogP) is 4.70. The van der Waals surface area contributed by atoms with Gasteiger partial charge in [0, 0.05) is 0 Å². The van der Waals surface area contributed by atoms with Crippen molar-refractivity contribution in [2.45, 2.75) is 79.2 Å². The number of fused-ring (bicyclic) bond motifs is 1. The molecular weight excluding hydrogens is 437 g/mol. The predicted molar refractivity (Wildman–Crippen MR) is 111 cm³/mol. The number of carbonyl (C=O) groups is 1. The van der Waals surface area contributed by atoms with Gasteiger partial charge in [-0.15, -0.1) is 0 Å². The molecule has 0 aliphatic rings. The second kappa shape index (κ2) is 10.6. The standard InChI is InChI=1S/C7H6N3OS.3C4H9.Sn/c11-5-8-3-6-7-10(4-9-6)1-2-12-7;3*1-3-4-2;/h1,4-5H,3H2,(H,8,11);3*1,3-4H2,2H3;. The van der Waals surface area contributed by atoms with Crippen molar-refractivity contribution in [2.24, 2.45) is 0 Å². The van der Waals surface area contributed by atoms with Crippen molar-refractivity contribution in [3.8, 4) is 0 Å². The zero-order valence-electron chi connectivity index (χ0n) is 16.0. The number of aromatic nitrogens is 2. The minimum absolute atomic E-state index is 0.529. The van der Waals surface area contributed by atoms with Crippen LogP contribution in [0.3, 0.4) is 0 Å². The third-order valence-corrected chi connectivity index (χ3v) is 24.5. The summed E-state index contributed by atoms with van der Waals surface area (Å²) in [7, 11) is 0. The monoisotopic (exact) mass is 471 g/mol. The van der Waals surface area contributed by atoms with E-state index >= 15 is 0 Å². The van der Waals surface area contributed by atoms with Crippen LogP contribution in [0.2, 0.25) is 13.3 Å². The number of hydrogen-bond acceptors (Lipinski definition) is 3. The molecule has 2 heterocycles. The number of nitrogens with zero attached hydrogens (tertiary/aromatic N) is 2. The van der Waals surface area contributed by atoms with Gasteiger partial charge in [0.05, 0.1) is 0 Å². The van der Waals surface area contributed by atoms with Crippen LogP contribution >= 0.6 is 11.3 Å². The summed E-state index contributed by atoms with van der Waals surface area (Å²) in [6.45, 7) is 7.50. The Morgan fingerprint density at radius 1 is 1.12 bits per heavy atom. The van der Waals surface area contributed by atoms with Crippen molar-refractivity contribution in [2.75, 3.05) is 0 Å². The van der Waals surface area contributed by atoms with Gasteiger partial charge in [-0.05, 0) is 0 Å². The fourth-order valence-corrected chi connectivity index (χ4v) is 23.7. The maximum absolute atomic E-state index is 10.6. The first-order valence-corrected chi connectivity index (χ1v) is 18.1. The number of amides is 1. The minimum atomic E-state index is -2.36. The van der Waals surface area contributed by atoms with E-state index in [2.05, 4.69) is 41.7 Å². The van der Waals surface area contributed by atoms with Gasteiger partial charge in [0.25, 0.3) is 0 Å². The molecule has 1 amide bonds. The topological polar surface area (TPSA) is 46.4 Å². The Morgan fingerprint density at radius 3 is 2.24 bits per heavy atom. The second-order valence-corrected chi connectivity index (χ2v) is 22.3. The van der Waals surface area contributed by atoms with Crippen LogP contribution < -0.4 is 8.21 Å². The molecule has 0 saturated heterocycles. The zero-order chi connectivity index (χ0) is 18.1. The van der Waals surface area contributed by atoms with Crippen molar-refractivity contribution in [1.82, 2.24) is 14.7 Å². The van der Waals surface area contributed by atoms with Gasteiger partial charge < -0.3 is 0 Å². The number of hydrogen-bond donors (Lipinski definition) is 1. The third kappa shape index (κ3) is 5.22. The second-order valence-electron chi connectivity index (χ2n) is 7.09. The summed E-state index contributed by atoms with van der Waals surface area (Å²) in [6, 6.07) is 0. The number of unbranched alkanes of at least 4 members (excludes halogenated alkanes) is 3. The molecule has 0 saturated carbocycles. The summed E-state index contributed by atoms with van der Waals surface area (Å²) in [6.07, 6.45) is 13.1. The van der Waals surface area contributed by atoms with E-state index in [-0.39, 0.29) is 0 Å². The summed E-state index contributed by atoms with van der Waals surface area (Å²) in [4.78, 5) is 16.3. The molecule has 2 aromatic heterocycles. The summed E-state index contributed by atoms with van der Waals surface area (Å²) in [5, 5.41) is 2.76. The van der Waals surface area contributed by atoms with E-state index in [0.29, 0.717) is 6.54 Å². The van der Waals surface area contributed by atoms with Crippen LogP contribution in [0, 0.1) is 0 Å². The number of nitrogens with one attached hydrogen (secondary N) is 1. The Morgan fingerprint density at radius 2 is 1.72 bits per heavy atom. The van der Waals surface area contributed by atoms with Gasteiger partial charge in [0.15, 0.2) is 0 Å². The molecule has 0 aliphatic heterocycles. The molecule has 6 heteroatoms. The van der Waals surface area contributed by atoms with Crippen molar-refractivity contribution in [3.05, 3.63) is 18.2 Å². The molecule has 0 spiro atoms. The molecular formula is C19H33N3OSSn. The van der Waals surface area contributed by atoms with Crippen LogP contribution in [0.25, 0.3) is 4.83 Å². The van der Waals surface area contributed by atoms with Gasteiger partial charge in [0.2, 0.25) is 0 Å². The van der Waals surface area contributed by atoms with Gasteiger partial charge in [0.1, 0.15) is 0 Å². The van der Waals surface area contributed by atoms with Crippen molar-refractivity contribution in [3.63, 3.8) is 0 Å². The van der Waals surface area contributed by atoms with E-state index in [9.17, 15) is 4.79 Å². The van der Waals surface area contributed by atoms with Gasteiger partial charge in [-0.25, -0.2) is 0 Å². The van der Waals surface area contributed by atoms with E-state index in [0.717, 1.165) is 12.1 Å². The SMILES string of the molecule is CCC[CH2][Sn]([CH2]CCC)([CH2]CCC)[c]1cn2cnc(CNC=O)c2s1. The molecule has 0 fully saturated rings. The summed E-state index contributed by atoms with van der Waals surface area (Å²) < 4.78 is 8.39. The first kappa shape index (κ1) is 20.7. The maximum atomic E-state index is 10.6. The molecule has 0 atom stereocenters. The summed E-state index contributed by atoms with van der Waals surface area (Å²) >= 11 is -0.381. The quantitative estimate of drug-likeness (QED) is 0.341. The Kier molecular flexibility index (Phi) is 8.76. The molecule has 140 valence electrons. The van der Waals surface area contributed by atoms with Crippen LogP contribution in [0.4, 0.5) is 0 Å². The van der Waals surface area contributed by atoms with Crippen molar-refractivity contribution in [1.29, 1.82) is 0 Å².